The topological polar surface area (TPSA) is 62.6 Å². The fourth-order valence-corrected chi connectivity index (χ4v) is 3.96. The van der Waals surface area contributed by atoms with Crippen molar-refractivity contribution in [1.29, 1.82) is 0 Å². The van der Waals surface area contributed by atoms with Crippen molar-refractivity contribution in [2.75, 3.05) is 20.1 Å². The molecule has 1 atom stereocenters. The predicted molar refractivity (Wildman–Crippen MR) is 73.2 cm³/mol. The van der Waals surface area contributed by atoms with Crippen molar-refractivity contribution in [3.8, 4) is 0 Å². The van der Waals surface area contributed by atoms with Crippen molar-refractivity contribution in [3.05, 3.63) is 17.9 Å². The maximum Gasteiger partial charge on any atom is 0.276 e. The lowest BCUT2D eigenvalue weighted by Gasteiger charge is -2.30. The molecule has 0 bridgehead atoms. The van der Waals surface area contributed by atoms with Crippen LogP contribution in [-0.2, 0) is 16.6 Å². The minimum absolute atomic E-state index is 0.0644. The minimum atomic E-state index is -3.46. The molecule has 6 heteroatoms. The zero-order valence-electron chi connectivity index (χ0n) is 11.6. The molecule has 0 aromatic carbocycles. The van der Waals surface area contributed by atoms with E-state index in [1.807, 2.05) is 0 Å². The van der Waals surface area contributed by atoms with Gasteiger partial charge in [-0.25, -0.2) is 8.42 Å². The summed E-state index contributed by atoms with van der Waals surface area (Å²) in [5.74, 6) is 1.11. The molecule has 2 heterocycles. The summed E-state index contributed by atoms with van der Waals surface area (Å²) in [6.45, 7) is 3.85. The molecule has 1 aliphatic heterocycles. The van der Waals surface area contributed by atoms with E-state index < -0.39 is 10.0 Å². The van der Waals surface area contributed by atoms with E-state index in [0.29, 0.717) is 31.3 Å². The van der Waals surface area contributed by atoms with Crippen molar-refractivity contribution in [2.45, 2.75) is 37.8 Å². The average Bonchev–Trinajstić information content (AvgIpc) is 2.88. The van der Waals surface area contributed by atoms with Crippen LogP contribution < -0.4 is 5.32 Å². The van der Waals surface area contributed by atoms with E-state index in [4.69, 9.17) is 4.42 Å². The molecule has 0 aliphatic carbocycles. The minimum Gasteiger partial charge on any atom is -0.447 e. The SMILES string of the molecule is CCC1CCCN(S(=O)(=O)c2ccc(CNC)o2)C1. The smallest absolute Gasteiger partial charge is 0.276 e. The maximum atomic E-state index is 12.5. The van der Waals surface area contributed by atoms with Crippen LogP contribution in [0.2, 0.25) is 0 Å². The van der Waals surface area contributed by atoms with Crippen molar-refractivity contribution in [2.24, 2.45) is 5.92 Å². The van der Waals surface area contributed by atoms with Gasteiger partial charge in [0.1, 0.15) is 5.76 Å². The Morgan fingerprint density at radius 2 is 2.26 bits per heavy atom. The van der Waals surface area contributed by atoms with Crippen LogP contribution in [0.4, 0.5) is 0 Å². The van der Waals surface area contributed by atoms with Crippen molar-refractivity contribution < 1.29 is 12.8 Å². The number of rotatable bonds is 5. The summed E-state index contributed by atoms with van der Waals surface area (Å²) >= 11 is 0. The Balaban J connectivity index is 2.16. The number of hydrogen-bond donors (Lipinski definition) is 1. The van der Waals surface area contributed by atoms with Crippen molar-refractivity contribution >= 4 is 10.0 Å². The molecule has 1 saturated heterocycles. The third-order valence-corrected chi connectivity index (χ3v) is 5.38. The highest BCUT2D eigenvalue weighted by Crippen LogP contribution is 2.26. The van der Waals surface area contributed by atoms with Crippen LogP contribution in [0.5, 0.6) is 0 Å². The van der Waals surface area contributed by atoms with Crippen molar-refractivity contribution in [3.63, 3.8) is 0 Å². The summed E-state index contributed by atoms with van der Waals surface area (Å²) in [7, 11) is -1.66. The lowest BCUT2D eigenvalue weighted by Crippen LogP contribution is -2.39. The molecule has 0 spiro atoms. The molecule has 1 unspecified atom stereocenters. The fraction of sp³-hybridized carbons (Fsp3) is 0.692. The van der Waals surface area contributed by atoms with Gasteiger partial charge in [-0.05, 0) is 37.9 Å². The van der Waals surface area contributed by atoms with Gasteiger partial charge in [-0.15, -0.1) is 0 Å². The van der Waals surface area contributed by atoms with Gasteiger partial charge in [0.2, 0.25) is 5.09 Å². The Morgan fingerprint density at radius 1 is 1.47 bits per heavy atom. The molecule has 0 amide bonds. The van der Waals surface area contributed by atoms with Gasteiger partial charge in [0, 0.05) is 13.1 Å². The number of piperidine rings is 1. The lowest BCUT2D eigenvalue weighted by atomic mass is 9.97. The predicted octanol–water partition coefficient (Wildman–Crippen LogP) is 1.81. The van der Waals surface area contributed by atoms with Crippen LogP contribution >= 0.6 is 0 Å². The van der Waals surface area contributed by atoms with E-state index in [0.717, 1.165) is 19.3 Å². The van der Waals surface area contributed by atoms with E-state index >= 15 is 0 Å². The van der Waals surface area contributed by atoms with Crippen LogP contribution in [0.1, 0.15) is 31.9 Å². The Bertz CT molecular complexity index is 510. The first-order valence-electron chi connectivity index (χ1n) is 6.81. The van der Waals surface area contributed by atoms with Crippen LogP contribution in [-0.4, -0.2) is 32.9 Å². The van der Waals surface area contributed by atoms with Gasteiger partial charge < -0.3 is 9.73 Å². The van der Waals surface area contributed by atoms with Gasteiger partial charge in [-0.2, -0.15) is 4.31 Å². The van der Waals surface area contributed by atoms with E-state index in [2.05, 4.69) is 12.2 Å². The summed E-state index contributed by atoms with van der Waals surface area (Å²) in [5.41, 5.74) is 0. The van der Waals surface area contributed by atoms with Gasteiger partial charge in [0.15, 0.2) is 0 Å². The number of nitrogens with zero attached hydrogens (tertiary/aromatic N) is 1. The molecular weight excluding hydrogens is 264 g/mol. The molecule has 5 nitrogen and oxygen atoms in total. The molecule has 2 rings (SSSR count). The van der Waals surface area contributed by atoms with Gasteiger partial charge in [0.25, 0.3) is 10.0 Å². The third-order valence-electron chi connectivity index (χ3n) is 3.64. The molecule has 19 heavy (non-hydrogen) atoms. The van der Waals surface area contributed by atoms with Crippen LogP contribution in [0.25, 0.3) is 0 Å². The van der Waals surface area contributed by atoms with Crippen LogP contribution in [0, 0.1) is 5.92 Å². The molecule has 1 aliphatic rings. The van der Waals surface area contributed by atoms with E-state index in [-0.39, 0.29) is 5.09 Å². The number of hydrogen-bond acceptors (Lipinski definition) is 4. The molecule has 108 valence electrons. The van der Waals surface area contributed by atoms with E-state index in [1.54, 1.807) is 23.5 Å². The number of nitrogens with one attached hydrogen (secondary N) is 1. The number of furan rings is 1. The second-order valence-corrected chi connectivity index (χ2v) is 6.90. The largest absolute Gasteiger partial charge is 0.447 e. The summed E-state index contributed by atoms with van der Waals surface area (Å²) in [6, 6.07) is 3.27. The molecule has 0 radical (unpaired) electrons. The number of sulfonamides is 1. The highest BCUT2D eigenvalue weighted by molar-refractivity contribution is 7.89. The first-order valence-corrected chi connectivity index (χ1v) is 8.25. The van der Waals surface area contributed by atoms with Gasteiger partial charge in [0.05, 0.1) is 6.54 Å². The van der Waals surface area contributed by atoms with Gasteiger partial charge >= 0.3 is 0 Å². The molecular formula is C13H22N2O3S. The molecule has 0 saturated carbocycles. The zero-order valence-corrected chi connectivity index (χ0v) is 12.4. The summed E-state index contributed by atoms with van der Waals surface area (Å²) in [5, 5.41) is 3.01. The highest BCUT2D eigenvalue weighted by atomic mass is 32.2. The molecule has 1 N–H and O–H groups in total. The first kappa shape index (κ1) is 14.6. The van der Waals surface area contributed by atoms with Crippen LogP contribution in [0.15, 0.2) is 21.6 Å². The monoisotopic (exact) mass is 286 g/mol. The van der Waals surface area contributed by atoms with E-state index in [9.17, 15) is 8.42 Å². The van der Waals surface area contributed by atoms with E-state index in [1.165, 1.54) is 0 Å². The Hall–Kier alpha value is -0.850. The second kappa shape index (κ2) is 6.07. The Labute approximate surface area is 115 Å². The standard InChI is InChI=1S/C13H22N2O3S/c1-3-11-5-4-8-15(10-11)19(16,17)13-7-6-12(18-13)9-14-2/h6-7,11,14H,3-5,8-10H2,1-2H3. The lowest BCUT2D eigenvalue weighted by molar-refractivity contribution is 0.255. The highest BCUT2D eigenvalue weighted by Gasteiger charge is 2.31. The zero-order chi connectivity index (χ0) is 13.9. The summed E-state index contributed by atoms with van der Waals surface area (Å²) < 4.78 is 31.9. The van der Waals surface area contributed by atoms with Gasteiger partial charge in [-0.1, -0.05) is 13.3 Å². The Kier molecular flexibility index (Phi) is 4.65. The summed E-state index contributed by atoms with van der Waals surface area (Å²) in [6.07, 6.45) is 3.07. The quantitative estimate of drug-likeness (QED) is 0.896. The fourth-order valence-electron chi connectivity index (χ4n) is 2.47. The normalized spacial score (nSPS) is 21.7. The van der Waals surface area contributed by atoms with Crippen molar-refractivity contribution in [1.82, 2.24) is 9.62 Å². The first-order chi connectivity index (χ1) is 9.07. The summed E-state index contributed by atoms with van der Waals surface area (Å²) in [4.78, 5) is 0. The molecule has 1 fully saturated rings. The Morgan fingerprint density at radius 3 is 2.95 bits per heavy atom. The second-order valence-electron chi connectivity index (χ2n) is 5.03. The molecule has 1 aromatic rings. The van der Waals surface area contributed by atoms with Gasteiger partial charge in [-0.3, -0.25) is 0 Å². The molecule has 1 aromatic heterocycles. The average molecular weight is 286 g/mol. The van der Waals surface area contributed by atoms with Crippen LogP contribution in [0.3, 0.4) is 0 Å². The maximum absolute atomic E-state index is 12.5. The third kappa shape index (κ3) is 3.19.